The Bertz CT molecular complexity index is 1230. The summed E-state index contributed by atoms with van der Waals surface area (Å²) in [7, 11) is 0. The van der Waals surface area contributed by atoms with E-state index < -0.39 is 5.60 Å². The van der Waals surface area contributed by atoms with E-state index in [2.05, 4.69) is 21.2 Å². The van der Waals surface area contributed by atoms with Gasteiger partial charge in [0.2, 0.25) is 0 Å². The van der Waals surface area contributed by atoms with Gasteiger partial charge in [-0.15, -0.1) is 0 Å². The minimum Gasteiger partial charge on any atom is -0.390 e. The summed E-state index contributed by atoms with van der Waals surface area (Å²) in [5.74, 6) is -0.289. The zero-order chi connectivity index (χ0) is 23.5. The first-order valence-corrected chi connectivity index (χ1v) is 11.8. The van der Waals surface area contributed by atoms with Gasteiger partial charge in [0.25, 0.3) is 0 Å². The van der Waals surface area contributed by atoms with Gasteiger partial charge in [-0.25, -0.2) is 4.39 Å². The van der Waals surface area contributed by atoms with Crippen molar-refractivity contribution >= 4 is 0 Å². The molecule has 5 nitrogen and oxygen atoms in total. The second-order valence-corrected chi connectivity index (χ2v) is 9.04. The first-order valence-electron chi connectivity index (χ1n) is 11.8. The summed E-state index contributed by atoms with van der Waals surface area (Å²) >= 11 is 0. The molecule has 2 N–H and O–H groups in total. The van der Waals surface area contributed by atoms with Gasteiger partial charge in [0, 0.05) is 36.0 Å². The summed E-state index contributed by atoms with van der Waals surface area (Å²) in [5.41, 5.74) is 4.43. The van der Waals surface area contributed by atoms with Crippen molar-refractivity contribution in [1.82, 2.24) is 20.1 Å². The number of piperidine rings is 1. The maximum absolute atomic E-state index is 14.7. The third-order valence-corrected chi connectivity index (χ3v) is 7.03. The molecular weight excluding hydrogens is 427 g/mol. The van der Waals surface area contributed by atoms with Crippen molar-refractivity contribution in [3.8, 4) is 22.5 Å². The number of halogens is 1. The Morgan fingerprint density at radius 3 is 2.41 bits per heavy atom. The Kier molecular flexibility index (Phi) is 6.26. The molecular formula is C28H29FN4O. The number of H-pyrrole nitrogens is 1. The fourth-order valence-electron chi connectivity index (χ4n) is 4.87. The van der Waals surface area contributed by atoms with Crippen LogP contribution in [0.25, 0.3) is 22.5 Å². The van der Waals surface area contributed by atoms with Crippen LogP contribution in [0.15, 0.2) is 79.1 Å². The molecule has 1 fully saturated rings. The average Bonchev–Trinajstić information content (AvgIpc) is 3.36. The first kappa shape index (κ1) is 22.4. The summed E-state index contributed by atoms with van der Waals surface area (Å²) < 4.78 is 14.7. The molecule has 1 unspecified atom stereocenters. The predicted molar refractivity (Wildman–Crippen MR) is 132 cm³/mol. The van der Waals surface area contributed by atoms with Gasteiger partial charge in [-0.3, -0.25) is 15.0 Å². The highest BCUT2D eigenvalue weighted by atomic mass is 19.1. The minimum absolute atomic E-state index is 0.160. The third kappa shape index (κ3) is 4.39. The van der Waals surface area contributed by atoms with Crippen molar-refractivity contribution in [3.63, 3.8) is 0 Å². The lowest BCUT2D eigenvalue weighted by molar-refractivity contribution is -0.0302. The lowest BCUT2D eigenvalue weighted by Crippen LogP contribution is -2.45. The lowest BCUT2D eigenvalue weighted by atomic mass is 9.86. The Morgan fingerprint density at radius 1 is 1.00 bits per heavy atom. The predicted octanol–water partition coefficient (Wildman–Crippen LogP) is 5.60. The van der Waals surface area contributed by atoms with Crippen molar-refractivity contribution in [2.75, 3.05) is 13.1 Å². The summed E-state index contributed by atoms with van der Waals surface area (Å²) in [4.78, 5) is 7.10. The summed E-state index contributed by atoms with van der Waals surface area (Å²) in [5, 5.41) is 18.1. The molecule has 1 saturated heterocycles. The second kappa shape index (κ2) is 9.49. The molecule has 1 aliphatic rings. The quantitative estimate of drug-likeness (QED) is 0.396. The molecule has 1 atom stereocenters. The van der Waals surface area contributed by atoms with Gasteiger partial charge >= 0.3 is 0 Å². The van der Waals surface area contributed by atoms with Crippen molar-refractivity contribution in [2.24, 2.45) is 0 Å². The number of nitrogens with one attached hydrogen (secondary N) is 1. The minimum atomic E-state index is -0.624. The number of aromatic amines is 1. The van der Waals surface area contributed by atoms with Crippen LogP contribution in [-0.4, -0.2) is 43.9 Å². The molecule has 4 aromatic rings. The van der Waals surface area contributed by atoms with Crippen LogP contribution in [0.3, 0.4) is 0 Å². The number of benzene rings is 2. The molecule has 34 heavy (non-hydrogen) atoms. The number of hydrogen-bond acceptors (Lipinski definition) is 4. The van der Waals surface area contributed by atoms with Crippen molar-refractivity contribution < 1.29 is 9.50 Å². The standard InChI is InChI=1S/C28H29FN4O/c1-2-28(34)14-16-33(17-15-28)27(21-12-13-25(30-18-21)20-8-4-3-5-9-20)23-19-31-32-26(23)22-10-6-7-11-24(22)29/h3-13,18-19,27,34H,2,14-17H2,1H3,(H,31,32). The summed E-state index contributed by atoms with van der Waals surface area (Å²) in [6.07, 6.45) is 5.83. The molecule has 2 aromatic heterocycles. The van der Waals surface area contributed by atoms with Crippen molar-refractivity contribution in [3.05, 3.63) is 96.1 Å². The maximum Gasteiger partial charge on any atom is 0.132 e. The fourth-order valence-corrected chi connectivity index (χ4v) is 4.87. The molecule has 6 heteroatoms. The molecule has 0 radical (unpaired) electrons. The van der Waals surface area contributed by atoms with E-state index in [4.69, 9.17) is 4.98 Å². The number of aliphatic hydroxyl groups is 1. The van der Waals surface area contributed by atoms with E-state index in [1.165, 1.54) is 6.07 Å². The van der Waals surface area contributed by atoms with Gasteiger partial charge in [-0.05, 0) is 43.0 Å². The zero-order valence-electron chi connectivity index (χ0n) is 19.3. The van der Waals surface area contributed by atoms with Gasteiger partial charge in [0.15, 0.2) is 0 Å². The number of rotatable bonds is 6. The van der Waals surface area contributed by atoms with Crippen molar-refractivity contribution in [2.45, 2.75) is 37.8 Å². The summed E-state index contributed by atoms with van der Waals surface area (Å²) in [6.45, 7) is 3.50. The van der Waals surface area contributed by atoms with E-state index in [1.54, 1.807) is 18.3 Å². The van der Waals surface area contributed by atoms with Crippen LogP contribution in [0.4, 0.5) is 4.39 Å². The van der Waals surface area contributed by atoms with Crippen LogP contribution < -0.4 is 0 Å². The van der Waals surface area contributed by atoms with Crippen LogP contribution >= 0.6 is 0 Å². The molecule has 0 bridgehead atoms. The zero-order valence-corrected chi connectivity index (χ0v) is 19.3. The molecule has 174 valence electrons. The monoisotopic (exact) mass is 456 g/mol. The fraction of sp³-hybridized carbons (Fsp3) is 0.286. The van der Waals surface area contributed by atoms with E-state index in [0.717, 1.165) is 41.9 Å². The SMILES string of the molecule is CCC1(O)CCN(C(c2ccc(-c3ccccc3)nc2)c2cn[nH]c2-c2ccccc2F)CC1. The van der Waals surface area contributed by atoms with Gasteiger partial charge in [-0.1, -0.05) is 55.5 Å². The van der Waals surface area contributed by atoms with Crippen molar-refractivity contribution in [1.29, 1.82) is 0 Å². The van der Waals surface area contributed by atoms with Gasteiger partial charge < -0.3 is 5.11 Å². The molecule has 3 heterocycles. The number of pyridine rings is 1. The molecule has 0 spiro atoms. The molecule has 0 saturated carbocycles. The van der Waals surface area contributed by atoms with E-state index in [1.807, 2.05) is 55.6 Å². The number of likely N-dealkylation sites (tertiary alicyclic amines) is 1. The molecule has 5 rings (SSSR count). The summed E-state index contributed by atoms with van der Waals surface area (Å²) in [6, 6.07) is 20.8. The van der Waals surface area contributed by atoms with Crippen LogP contribution in [0.5, 0.6) is 0 Å². The molecule has 0 amide bonds. The molecule has 0 aliphatic carbocycles. The van der Waals surface area contributed by atoms with Gasteiger partial charge in [0.1, 0.15) is 5.82 Å². The van der Waals surface area contributed by atoms with E-state index >= 15 is 0 Å². The molecule has 2 aromatic carbocycles. The lowest BCUT2D eigenvalue weighted by Gasteiger charge is -2.41. The van der Waals surface area contributed by atoms with Crippen LogP contribution in [-0.2, 0) is 0 Å². The van der Waals surface area contributed by atoms with E-state index in [-0.39, 0.29) is 11.9 Å². The maximum atomic E-state index is 14.7. The number of nitrogens with zero attached hydrogens (tertiary/aromatic N) is 3. The van der Waals surface area contributed by atoms with Crippen LogP contribution in [0.2, 0.25) is 0 Å². The van der Waals surface area contributed by atoms with E-state index in [0.29, 0.717) is 24.1 Å². The highest BCUT2D eigenvalue weighted by Gasteiger charge is 2.35. The van der Waals surface area contributed by atoms with Gasteiger partial charge in [0.05, 0.1) is 29.2 Å². The number of hydrogen-bond donors (Lipinski definition) is 2. The Hall–Kier alpha value is -3.35. The average molecular weight is 457 g/mol. The second-order valence-electron chi connectivity index (χ2n) is 9.04. The normalized spacial score (nSPS) is 16.9. The number of aromatic nitrogens is 3. The molecule has 1 aliphatic heterocycles. The third-order valence-electron chi connectivity index (χ3n) is 7.03. The Balaban J connectivity index is 1.55. The topological polar surface area (TPSA) is 65.0 Å². The Labute approximate surface area is 199 Å². The highest BCUT2D eigenvalue weighted by Crippen LogP contribution is 2.38. The highest BCUT2D eigenvalue weighted by molar-refractivity contribution is 5.65. The first-order chi connectivity index (χ1) is 16.6. The largest absolute Gasteiger partial charge is 0.390 e. The van der Waals surface area contributed by atoms with E-state index in [9.17, 15) is 9.50 Å². The Morgan fingerprint density at radius 2 is 1.74 bits per heavy atom. The van der Waals surface area contributed by atoms with Crippen LogP contribution in [0, 0.1) is 5.82 Å². The smallest absolute Gasteiger partial charge is 0.132 e. The van der Waals surface area contributed by atoms with Gasteiger partial charge in [-0.2, -0.15) is 5.10 Å². The van der Waals surface area contributed by atoms with Crippen LogP contribution in [0.1, 0.15) is 43.4 Å².